The number of anilines is 1. The van der Waals surface area contributed by atoms with Crippen molar-refractivity contribution in [2.75, 3.05) is 24.5 Å². The number of carbonyl (C=O) groups is 2. The van der Waals surface area contributed by atoms with E-state index < -0.39 is 28.6 Å². The van der Waals surface area contributed by atoms with Crippen LogP contribution in [0.3, 0.4) is 0 Å². The van der Waals surface area contributed by atoms with Gasteiger partial charge in [-0.15, -0.1) is 0 Å². The van der Waals surface area contributed by atoms with Gasteiger partial charge < -0.3 is 14.7 Å². The third-order valence-corrected chi connectivity index (χ3v) is 3.56. The fourth-order valence-corrected chi connectivity index (χ4v) is 2.50. The molecular weight excluding hydrogens is 332 g/mol. The number of hydrogen-bond donors (Lipinski definition) is 1. The number of carbonyl (C=O) groups excluding carboxylic acids is 1. The van der Waals surface area contributed by atoms with Crippen molar-refractivity contribution >= 4 is 23.6 Å². The number of pyridine rings is 1. The Kier molecular flexibility index (Phi) is 5.10. The van der Waals surface area contributed by atoms with Crippen molar-refractivity contribution in [1.29, 1.82) is 0 Å². The molecule has 1 unspecified atom stereocenters. The van der Waals surface area contributed by atoms with Crippen LogP contribution in [-0.4, -0.2) is 63.3 Å². The molecule has 10 nitrogen and oxygen atoms in total. The average Bonchev–Trinajstić information content (AvgIpc) is 2.52. The van der Waals surface area contributed by atoms with E-state index in [-0.39, 0.29) is 31.1 Å². The smallest absolute Gasteiger partial charge is 0.411 e. The summed E-state index contributed by atoms with van der Waals surface area (Å²) in [4.78, 5) is 41.0. The Labute approximate surface area is 144 Å². The summed E-state index contributed by atoms with van der Waals surface area (Å²) in [6.07, 6.45) is 0.674. The molecule has 2 heterocycles. The second-order valence-corrected chi connectivity index (χ2v) is 6.58. The van der Waals surface area contributed by atoms with Gasteiger partial charge in [-0.25, -0.2) is 14.6 Å². The van der Waals surface area contributed by atoms with Crippen molar-refractivity contribution < 1.29 is 24.4 Å². The predicted molar refractivity (Wildman–Crippen MR) is 87.5 cm³/mol. The number of aromatic nitrogens is 1. The molecule has 0 aliphatic carbocycles. The number of amides is 1. The van der Waals surface area contributed by atoms with Crippen molar-refractivity contribution in [3.8, 4) is 0 Å². The van der Waals surface area contributed by atoms with E-state index in [1.54, 1.807) is 20.8 Å². The zero-order valence-electron chi connectivity index (χ0n) is 14.2. The fraction of sp³-hybridized carbons (Fsp3) is 0.533. The van der Waals surface area contributed by atoms with Gasteiger partial charge in [0.25, 0.3) is 0 Å². The maximum absolute atomic E-state index is 12.2. The summed E-state index contributed by atoms with van der Waals surface area (Å²) in [5.74, 6) is -1.13. The summed E-state index contributed by atoms with van der Waals surface area (Å²) < 4.78 is 5.24. The number of carboxylic acid groups (broad SMARTS) is 1. The van der Waals surface area contributed by atoms with Gasteiger partial charge in [-0.2, -0.15) is 0 Å². The Balaban J connectivity index is 2.24. The molecule has 0 radical (unpaired) electrons. The van der Waals surface area contributed by atoms with Crippen LogP contribution in [0.5, 0.6) is 0 Å². The van der Waals surface area contributed by atoms with E-state index in [0.717, 1.165) is 4.90 Å². The zero-order chi connectivity index (χ0) is 18.8. The molecule has 0 aromatic carbocycles. The highest BCUT2D eigenvalue weighted by Gasteiger charge is 2.39. The maximum atomic E-state index is 12.2. The first kappa shape index (κ1) is 18.4. The normalized spacial score (nSPS) is 18.0. The van der Waals surface area contributed by atoms with Gasteiger partial charge in [0.15, 0.2) is 0 Å². The molecule has 1 aromatic heterocycles. The maximum Gasteiger partial charge on any atom is 0.411 e. The molecule has 0 spiro atoms. The highest BCUT2D eigenvalue weighted by molar-refractivity contribution is 5.81. The van der Waals surface area contributed by atoms with Crippen LogP contribution in [0.2, 0.25) is 0 Å². The molecule has 1 aliphatic heterocycles. The van der Waals surface area contributed by atoms with Gasteiger partial charge in [0.2, 0.25) is 5.82 Å². The summed E-state index contributed by atoms with van der Waals surface area (Å²) in [6.45, 7) is 5.21. The Morgan fingerprint density at radius 1 is 1.40 bits per heavy atom. The Morgan fingerprint density at radius 2 is 2.08 bits per heavy atom. The second-order valence-electron chi connectivity index (χ2n) is 6.58. The van der Waals surface area contributed by atoms with Gasteiger partial charge in [-0.1, -0.05) is 0 Å². The van der Waals surface area contributed by atoms with Crippen LogP contribution in [0.25, 0.3) is 0 Å². The summed E-state index contributed by atoms with van der Waals surface area (Å²) in [5, 5.41) is 20.6. The number of nitro groups is 1. The number of piperazine rings is 1. The SMILES string of the molecule is CC(C)(C)OC(=O)N1CCN(c2ncccc2[N+](=O)[O-])CC1C(=O)O. The first-order valence-corrected chi connectivity index (χ1v) is 7.67. The molecule has 1 atom stereocenters. The molecule has 1 aromatic rings. The van der Waals surface area contributed by atoms with E-state index in [4.69, 9.17) is 4.74 Å². The van der Waals surface area contributed by atoms with Crippen molar-refractivity contribution in [3.05, 3.63) is 28.4 Å². The van der Waals surface area contributed by atoms with Gasteiger partial charge in [0.05, 0.1) is 11.5 Å². The average molecular weight is 352 g/mol. The van der Waals surface area contributed by atoms with Gasteiger partial charge in [0.1, 0.15) is 11.6 Å². The van der Waals surface area contributed by atoms with Crippen LogP contribution in [0.1, 0.15) is 20.8 Å². The van der Waals surface area contributed by atoms with Gasteiger partial charge in [-0.05, 0) is 26.8 Å². The van der Waals surface area contributed by atoms with Gasteiger partial charge in [-0.3, -0.25) is 15.0 Å². The number of rotatable bonds is 3. The first-order valence-electron chi connectivity index (χ1n) is 7.67. The van der Waals surface area contributed by atoms with Crippen LogP contribution in [0, 0.1) is 10.1 Å². The quantitative estimate of drug-likeness (QED) is 0.640. The lowest BCUT2D eigenvalue weighted by Crippen LogP contribution is -2.59. The van der Waals surface area contributed by atoms with Crippen LogP contribution in [0.15, 0.2) is 18.3 Å². The van der Waals surface area contributed by atoms with E-state index in [9.17, 15) is 24.8 Å². The third kappa shape index (κ3) is 4.34. The van der Waals surface area contributed by atoms with Gasteiger partial charge in [0, 0.05) is 25.4 Å². The lowest BCUT2D eigenvalue weighted by Gasteiger charge is -2.39. The van der Waals surface area contributed by atoms with E-state index in [1.165, 1.54) is 23.2 Å². The van der Waals surface area contributed by atoms with Crippen LogP contribution < -0.4 is 4.90 Å². The summed E-state index contributed by atoms with van der Waals surface area (Å²) in [7, 11) is 0. The Morgan fingerprint density at radius 3 is 2.64 bits per heavy atom. The highest BCUT2D eigenvalue weighted by atomic mass is 16.6. The lowest BCUT2D eigenvalue weighted by atomic mass is 10.1. The minimum atomic E-state index is -1.21. The largest absolute Gasteiger partial charge is 0.480 e. The molecule has 1 N–H and O–H groups in total. The van der Waals surface area contributed by atoms with Crippen molar-refractivity contribution in [2.24, 2.45) is 0 Å². The van der Waals surface area contributed by atoms with E-state index in [0.29, 0.717) is 0 Å². The van der Waals surface area contributed by atoms with E-state index >= 15 is 0 Å². The molecular formula is C15H20N4O6. The number of aliphatic carboxylic acids is 1. The van der Waals surface area contributed by atoms with E-state index in [2.05, 4.69) is 4.98 Å². The minimum absolute atomic E-state index is 0.0552. The molecule has 10 heteroatoms. The Hall–Kier alpha value is -2.91. The molecule has 0 bridgehead atoms. The van der Waals surface area contributed by atoms with Crippen LogP contribution in [0.4, 0.5) is 16.3 Å². The second kappa shape index (κ2) is 6.91. The lowest BCUT2D eigenvalue weighted by molar-refractivity contribution is -0.384. The molecule has 1 aliphatic rings. The number of nitrogens with zero attached hydrogens (tertiary/aromatic N) is 4. The summed E-state index contributed by atoms with van der Waals surface area (Å²) >= 11 is 0. The van der Waals surface area contributed by atoms with Crippen molar-refractivity contribution in [2.45, 2.75) is 32.4 Å². The number of carboxylic acids is 1. The molecule has 1 fully saturated rings. The minimum Gasteiger partial charge on any atom is -0.480 e. The Bertz CT molecular complexity index is 687. The van der Waals surface area contributed by atoms with Crippen LogP contribution >= 0.6 is 0 Å². The van der Waals surface area contributed by atoms with Gasteiger partial charge >= 0.3 is 17.7 Å². The molecule has 0 saturated carbocycles. The monoisotopic (exact) mass is 352 g/mol. The molecule has 1 amide bonds. The van der Waals surface area contributed by atoms with Crippen molar-refractivity contribution in [1.82, 2.24) is 9.88 Å². The molecule has 25 heavy (non-hydrogen) atoms. The summed E-state index contributed by atoms with van der Waals surface area (Å²) in [5.41, 5.74) is -0.964. The van der Waals surface area contributed by atoms with Crippen LogP contribution in [-0.2, 0) is 9.53 Å². The van der Waals surface area contributed by atoms with Crippen molar-refractivity contribution in [3.63, 3.8) is 0 Å². The third-order valence-electron chi connectivity index (χ3n) is 3.56. The molecule has 136 valence electrons. The van der Waals surface area contributed by atoms with E-state index in [1.807, 2.05) is 0 Å². The number of ether oxygens (including phenoxy) is 1. The molecule has 1 saturated heterocycles. The topological polar surface area (TPSA) is 126 Å². The molecule has 2 rings (SSSR count). The zero-order valence-corrected chi connectivity index (χ0v) is 14.2. The number of hydrogen-bond acceptors (Lipinski definition) is 7. The fourth-order valence-electron chi connectivity index (χ4n) is 2.50. The first-order chi connectivity index (χ1) is 11.6. The summed E-state index contributed by atoms with van der Waals surface area (Å²) in [6, 6.07) is 1.55. The highest BCUT2D eigenvalue weighted by Crippen LogP contribution is 2.27. The predicted octanol–water partition coefficient (Wildman–Crippen LogP) is 1.50. The standard InChI is InChI=1S/C15H20N4O6/c1-15(2,3)25-14(22)18-8-7-17(9-11(18)13(20)21)12-10(19(23)24)5-4-6-16-12/h4-6,11H,7-9H2,1-3H3,(H,20,21).